The van der Waals surface area contributed by atoms with Crippen LogP contribution in [0.5, 0.6) is 0 Å². The molecule has 3 rings (SSSR count). The number of benzene rings is 2. The maximum Gasteiger partial charge on any atom is 0.416 e. The van der Waals surface area contributed by atoms with Crippen LogP contribution in [0.2, 0.25) is 0 Å². The highest BCUT2D eigenvalue weighted by atomic mass is 19.4. The molecular weight excluding hydrogens is 362 g/mol. The number of rotatable bonds is 4. The summed E-state index contributed by atoms with van der Waals surface area (Å²) in [4.78, 5) is 12.2. The first-order chi connectivity index (χ1) is 12.7. The van der Waals surface area contributed by atoms with Gasteiger partial charge in [0.25, 0.3) is 5.91 Å². The predicted molar refractivity (Wildman–Crippen MR) is 91.3 cm³/mol. The van der Waals surface area contributed by atoms with Gasteiger partial charge in [-0.3, -0.25) is 9.89 Å². The molecule has 0 saturated heterocycles. The predicted octanol–water partition coefficient (Wildman–Crippen LogP) is 4.47. The molecule has 8 heteroatoms. The number of alkyl halides is 3. The molecule has 3 aromatic rings. The van der Waals surface area contributed by atoms with E-state index in [1.54, 1.807) is 13.0 Å². The molecule has 0 fully saturated rings. The van der Waals surface area contributed by atoms with Gasteiger partial charge in [0.15, 0.2) is 0 Å². The number of carbonyl (C=O) groups excluding carboxylic acids is 1. The van der Waals surface area contributed by atoms with Gasteiger partial charge in [-0.25, -0.2) is 4.39 Å². The van der Waals surface area contributed by atoms with Crippen LogP contribution in [0.3, 0.4) is 0 Å². The summed E-state index contributed by atoms with van der Waals surface area (Å²) in [6, 6.07) is 10.5. The van der Waals surface area contributed by atoms with Crippen LogP contribution in [0.25, 0.3) is 11.3 Å². The molecule has 4 nitrogen and oxygen atoms in total. The van der Waals surface area contributed by atoms with Crippen LogP contribution in [0, 0.1) is 12.7 Å². The number of amides is 1. The van der Waals surface area contributed by atoms with Crippen molar-refractivity contribution in [3.05, 3.63) is 76.7 Å². The summed E-state index contributed by atoms with van der Waals surface area (Å²) in [6.07, 6.45) is -4.44. The molecule has 0 atom stereocenters. The Balaban J connectivity index is 1.70. The Morgan fingerprint density at radius 2 is 1.93 bits per heavy atom. The average molecular weight is 377 g/mol. The molecule has 0 aliphatic rings. The van der Waals surface area contributed by atoms with Crippen LogP contribution in [0.4, 0.5) is 17.6 Å². The smallest absolute Gasteiger partial charge is 0.347 e. The SMILES string of the molecule is Cc1cc(F)ccc1-c1cc(C(=O)NCc2cccc(C(F)(F)F)c2)[nH]n1. The van der Waals surface area contributed by atoms with Gasteiger partial charge in [-0.15, -0.1) is 0 Å². The van der Waals surface area contributed by atoms with Crippen LogP contribution < -0.4 is 5.32 Å². The first-order valence-electron chi connectivity index (χ1n) is 8.00. The lowest BCUT2D eigenvalue weighted by molar-refractivity contribution is -0.137. The zero-order chi connectivity index (χ0) is 19.6. The quantitative estimate of drug-likeness (QED) is 0.659. The number of nitrogens with zero attached hydrogens (tertiary/aromatic N) is 1. The zero-order valence-corrected chi connectivity index (χ0v) is 14.2. The van der Waals surface area contributed by atoms with E-state index < -0.39 is 17.6 Å². The molecule has 0 saturated carbocycles. The van der Waals surface area contributed by atoms with E-state index in [-0.39, 0.29) is 18.1 Å². The third-order valence-electron chi connectivity index (χ3n) is 3.99. The lowest BCUT2D eigenvalue weighted by atomic mass is 10.1. The molecule has 0 spiro atoms. The van der Waals surface area contributed by atoms with Gasteiger partial charge in [-0.2, -0.15) is 18.3 Å². The molecule has 0 bridgehead atoms. The number of aromatic nitrogens is 2. The minimum atomic E-state index is -4.44. The fourth-order valence-electron chi connectivity index (χ4n) is 2.63. The largest absolute Gasteiger partial charge is 0.416 e. The number of halogens is 4. The summed E-state index contributed by atoms with van der Waals surface area (Å²) in [5.74, 6) is -0.878. The van der Waals surface area contributed by atoms with Crippen molar-refractivity contribution < 1.29 is 22.4 Å². The van der Waals surface area contributed by atoms with E-state index in [1.807, 2.05) is 0 Å². The third kappa shape index (κ3) is 4.33. The van der Waals surface area contributed by atoms with E-state index in [4.69, 9.17) is 0 Å². The van der Waals surface area contributed by atoms with Crippen LogP contribution >= 0.6 is 0 Å². The van der Waals surface area contributed by atoms with E-state index in [9.17, 15) is 22.4 Å². The molecule has 1 amide bonds. The molecule has 1 aromatic heterocycles. The number of aryl methyl sites for hydroxylation is 1. The summed E-state index contributed by atoms with van der Waals surface area (Å²) in [5.41, 5.74) is 1.51. The maximum atomic E-state index is 13.2. The van der Waals surface area contributed by atoms with Gasteiger partial charge in [-0.1, -0.05) is 12.1 Å². The van der Waals surface area contributed by atoms with Gasteiger partial charge in [0, 0.05) is 12.1 Å². The van der Waals surface area contributed by atoms with Crippen molar-refractivity contribution in [2.45, 2.75) is 19.6 Å². The standard InChI is InChI=1S/C19H15F4N3O/c1-11-7-14(20)5-6-15(11)16-9-17(26-25-16)18(27)24-10-12-3-2-4-13(8-12)19(21,22)23/h2-9H,10H2,1H3,(H,24,27)(H,25,26). The molecule has 1 heterocycles. The molecule has 27 heavy (non-hydrogen) atoms. The molecule has 0 unspecified atom stereocenters. The van der Waals surface area contributed by atoms with Crippen LogP contribution in [0.1, 0.15) is 27.2 Å². The van der Waals surface area contributed by atoms with Crippen molar-refractivity contribution >= 4 is 5.91 Å². The first kappa shape index (κ1) is 18.6. The van der Waals surface area contributed by atoms with Crippen LogP contribution in [-0.4, -0.2) is 16.1 Å². The summed E-state index contributed by atoms with van der Waals surface area (Å²) in [5, 5.41) is 9.17. The summed E-state index contributed by atoms with van der Waals surface area (Å²) < 4.78 is 51.4. The Morgan fingerprint density at radius 3 is 2.63 bits per heavy atom. The van der Waals surface area contributed by atoms with Crippen molar-refractivity contribution in [1.82, 2.24) is 15.5 Å². The van der Waals surface area contributed by atoms with E-state index in [1.165, 1.54) is 30.3 Å². The Hall–Kier alpha value is -3.16. The number of hydrogen-bond acceptors (Lipinski definition) is 2. The second-order valence-corrected chi connectivity index (χ2v) is 6.01. The minimum Gasteiger partial charge on any atom is -0.347 e. The number of nitrogens with one attached hydrogen (secondary N) is 2. The molecule has 140 valence electrons. The Labute approximate surface area is 152 Å². The second-order valence-electron chi connectivity index (χ2n) is 6.01. The van der Waals surface area contributed by atoms with Crippen LogP contribution in [-0.2, 0) is 12.7 Å². The van der Waals surface area contributed by atoms with E-state index >= 15 is 0 Å². The van der Waals surface area contributed by atoms with E-state index in [2.05, 4.69) is 15.5 Å². The summed E-state index contributed by atoms with van der Waals surface area (Å²) >= 11 is 0. The molecular formula is C19H15F4N3O. The van der Waals surface area contributed by atoms with Crippen molar-refractivity contribution in [3.8, 4) is 11.3 Å². The summed E-state index contributed by atoms with van der Waals surface area (Å²) in [7, 11) is 0. The Kier molecular flexibility index (Phi) is 4.98. The number of carbonyl (C=O) groups is 1. The van der Waals surface area contributed by atoms with Gasteiger partial charge in [-0.05, 0) is 54.4 Å². The fraction of sp³-hybridized carbons (Fsp3) is 0.158. The summed E-state index contributed by atoms with van der Waals surface area (Å²) in [6.45, 7) is 1.66. The normalized spacial score (nSPS) is 11.4. The number of aromatic amines is 1. The zero-order valence-electron chi connectivity index (χ0n) is 14.2. The topological polar surface area (TPSA) is 57.8 Å². The highest BCUT2D eigenvalue weighted by Crippen LogP contribution is 2.29. The van der Waals surface area contributed by atoms with Crippen LogP contribution in [0.15, 0.2) is 48.5 Å². The monoisotopic (exact) mass is 377 g/mol. The Bertz CT molecular complexity index is 979. The highest BCUT2D eigenvalue weighted by Gasteiger charge is 2.30. The molecule has 0 aliphatic carbocycles. The second kappa shape index (κ2) is 7.22. The van der Waals surface area contributed by atoms with Crippen molar-refractivity contribution in [3.63, 3.8) is 0 Å². The minimum absolute atomic E-state index is 0.0628. The molecule has 2 aromatic carbocycles. The van der Waals surface area contributed by atoms with E-state index in [0.717, 1.165) is 12.1 Å². The van der Waals surface area contributed by atoms with Gasteiger partial charge in [0.1, 0.15) is 11.5 Å². The fourth-order valence-corrected chi connectivity index (χ4v) is 2.63. The average Bonchev–Trinajstić information content (AvgIpc) is 3.09. The van der Waals surface area contributed by atoms with Crippen molar-refractivity contribution in [2.75, 3.05) is 0 Å². The van der Waals surface area contributed by atoms with Crippen molar-refractivity contribution in [1.29, 1.82) is 0 Å². The first-order valence-corrected chi connectivity index (χ1v) is 8.00. The molecule has 0 aliphatic heterocycles. The van der Waals surface area contributed by atoms with Gasteiger partial charge >= 0.3 is 6.18 Å². The lowest BCUT2D eigenvalue weighted by Gasteiger charge is -2.09. The van der Waals surface area contributed by atoms with Crippen molar-refractivity contribution in [2.24, 2.45) is 0 Å². The highest BCUT2D eigenvalue weighted by molar-refractivity contribution is 5.93. The van der Waals surface area contributed by atoms with Gasteiger partial charge in [0.2, 0.25) is 0 Å². The van der Waals surface area contributed by atoms with Gasteiger partial charge < -0.3 is 5.32 Å². The Morgan fingerprint density at radius 1 is 1.15 bits per heavy atom. The molecule has 0 radical (unpaired) electrons. The molecule has 2 N–H and O–H groups in total. The number of H-pyrrole nitrogens is 1. The maximum absolute atomic E-state index is 13.2. The third-order valence-corrected chi connectivity index (χ3v) is 3.99. The number of hydrogen-bond donors (Lipinski definition) is 2. The lowest BCUT2D eigenvalue weighted by Crippen LogP contribution is -2.23. The van der Waals surface area contributed by atoms with Gasteiger partial charge in [0.05, 0.1) is 11.3 Å². The van der Waals surface area contributed by atoms with E-state index in [0.29, 0.717) is 22.4 Å².